The summed E-state index contributed by atoms with van der Waals surface area (Å²) < 4.78 is 0. The summed E-state index contributed by atoms with van der Waals surface area (Å²) in [4.78, 5) is 12.2. The van der Waals surface area contributed by atoms with Gasteiger partial charge in [-0.3, -0.25) is 4.79 Å². The fourth-order valence-electron chi connectivity index (χ4n) is 7.16. The Bertz CT molecular complexity index is 654. The maximum absolute atomic E-state index is 12.2. The van der Waals surface area contributed by atoms with Crippen molar-refractivity contribution in [3.63, 3.8) is 0 Å². The van der Waals surface area contributed by atoms with Gasteiger partial charge >= 0.3 is 0 Å². The highest BCUT2D eigenvalue weighted by Gasteiger charge is 2.61. The molecule has 0 bridgehead atoms. The number of ketones is 1. The van der Waals surface area contributed by atoms with E-state index < -0.39 is 0 Å². The molecule has 3 fully saturated rings. The Labute approximate surface area is 150 Å². The van der Waals surface area contributed by atoms with E-state index in [-0.39, 0.29) is 28.8 Å². The molecular formula is C21H30NO3. The Kier molecular flexibility index (Phi) is 3.91. The smallest absolute Gasteiger partial charge is 0.133 e. The summed E-state index contributed by atoms with van der Waals surface area (Å²) in [6.07, 6.45) is 8.36. The van der Waals surface area contributed by atoms with Gasteiger partial charge in [0, 0.05) is 11.8 Å². The topological polar surface area (TPSA) is 69.6 Å². The van der Waals surface area contributed by atoms with Crippen molar-refractivity contribution in [2.24, 2.45) is 39.7 Å². The van der Waals surface area contributed by atoms with E-state index >= 15 is 0 Å². The largest absolute Gasteiger partial charge is 0.393 e. The zero-order valence-electron chi connectivity index (χ0n) is 15.6. The normalized spacial score (nSPS) is 50.6. The second-order valence-corrected chi connectivity index (χ2v) is 9.52. The van der Waals surface area contributed by atoms with Gasteiger partial charge < -0.3 is 5.11 Å². The zero-order chi connectivity index (χ0) is 18.0. The van der Waals surface area contributed by atoms with Gasteiger partial charge in [-0.1, -0.05) is 19.4 Å². The van der Waals surface area contributed by atoms with Crippen LogP contribution in [0.4, 0.5) is 0 Å². The van der Waals surface area contributed by atoms with E-state index in [9.17, 15) is 15.1 Å². The van der Waals surface area contributed by atoms with Gasteiger partial charge in [0.2, 0.25) is 0 Å². The molecule has 1 radical (unpaired) electrons. The van der Waals surface area contributed by atoms with Crippen LogP contribution in [0.5, 0.6) is 0 Å². The van der Waals surface area contributed by atoms with E-state index in [0.29, 0.717) is 29.8 Å². The number of carbonyl (C=O) groups is 1. The van der Waals surface area contributed by atoms with Crippen LogP contribution < -0.4 is 0 Å². The average molecular weight is 344 g/mol. The Morgan fingerprint density at radius 3 is 2.60 bits per heavy atom. The zero-order valence-corrected chi connectivity index (χ0v) is 15.6. The van der Waals surface area contributed by atoms with Crippen molar-refractivity contribution >= 4 is 11.5 Å². The maximum atomic E-state index is 12.2. The highest BCUT2D eigenvalue weighted by molar-refractivity contribution is 5.99. The lowest BCUT2D eigenvalue weighted by atomic mass is 9.47. The summed E-state index contributed by atoms with van der Waals surface area (Å²) in [5, 5.41) is 25.3. The van der Waals surface area contributed by atoms with Crippen LogP contribution in [0.15, 0.2) is 16.8 Å². The van der Waals surface area contributed by atoms with Crippen LogP contribution in [-0.4, -0.2) is 22.7 Å². The first-order valence-electron chi connectivity index (χ1n) is 9.91. The lowest BCUT2D eigenvalue weighted by Gasteiger charge is -2.57. The fraction of sp³-hybridized carbons (Fsp3) is 0.810. The molecule has 0 saturated heterocycles. The number of allylic oxidation sites excluding steroid dienone is 1. The van der Waals surface area contributed by atoms with Crippen molar-refractivity contribution in [1.82, 2.24) is 0 Å². The SMILES string of the molecule is CC(=O)[C@H]1CCC2C3/C(=N/[O])C=C4C[C@@H](O)CC[C@]4(C)C3CC[C@@]21C. The number of aliphatic hydroxyl groups is 1. The number of carbonyl (C=O) groups excluding carboxylic acids is 1. The average Bonchev–Trinajstić information content (AvgIpc) is 2.92. The van der Waals surface area contributed by atoms with E-state index in [1.54, 1.807) is 6.92 Å². The predicted molar refractivity (Wildman–Crippen MR) is 95.4 cm³/mol. The van der Waals surface area contributed by atoms with E-state index in [1.807, 2.05) is 6.08 Å². The Balaban J connectivity index is 1.77. The minimum atomic E-state index is -0.286. The van der Waals surface area contributed by atoms with Crippen LogP contribution in [-0.2, 0) is 10.0 Å². The molecule has 137 valence electrons. The molecule has 0 spiro atoms. The van der Waals surface area contributed by atoms with Gasteiger partial charge in [0.25, 0.3) is 0 Å². The summed E-state index contributed by atoms with van der Waals surface area (Å²) >= 11 is 0. The molecule has 4 heteroatoms. The Morgan fingerprint density at radius 2 is 1.92 bits per heavy atom. The van der Waals surface area contributed by atoms with Gasteiger partial charge in [-0.05, 0) is 85.8 Å². The van der Waals surface area contributed by atoms with Crippen LogP contribution in [0.25, 0.3) is 0 Å². The lowest BCUT2D eigenvalue weighted by molar-refractivity contribution is -0.126. The van der Waals surface area contributed by atoms with E-state index in [2.05, 4.69) is 19.0 Å². The number of hydrogen-bond acceptors (Lipinski definition) is 3. The van der Waals surface area contributed by atoms with Crippen LogP contribution in [0.2, 0.25) is 0 Å². The molecule has 4 aliphatic carbocycles. The molecule has 7 atom stereocenters. The third-order valence-corrected chi connectivity index (χ3v) is 8.53. The maximum Gasteiger partial charge on any atom is 0.133 e. The highest BCUT2D eigenvalue weighted by atomic mass is 16.4. The first kappa shape index (κ1) is 17.3. The Hall–Kier alpha value is -1.16. The molecule has 4 aliphatic rings. The monoisotopic (exact) mass is 344 g/mol. The predicted octanol–water partition coefficient (Wildman–Crippen LogP) is 3.91. The van der Waals surface area contributed by atoms with Crippen LogP contribution in [0, 0.1) is 34.5 Å². The number of aliphatic hydroxyl groups excluding tert-OH is 1. The molecule has 0 aliphatic heterocycles. The van der Waals surface area contributed by atoms with Gasteiger partial charge in [-0.2, -0.15) is 0 Å². The third kappa shape index (κ3) is 2.29. The quantitative estimate of drug-likeness (QED) is 0.733. The third-order valence-electron chi connectivity index (χ3n) is 8.53. The number of fused-ring (bicyclic) bond motifs is 5. The molecule has 3 saturated carbocycles. The first-order chi connectivity index (χ1) is 11.8. The van der Waals surface area contributed by atoms with E-state index in [1.165, 1.54) is 5.57 Å². The van der Waals surface area contributed by atoms with Gasteiger partial charge in [0.1, 0.15) is 5.78 Å². The van der Waals surface area contributed by atoms with Crippen molar-refractivity contribution in [3.05, 3.63) is 11.6 Å². The summed E-state index contributed by atoms with van der Waals surface area (Å²) in [7, 11) is 0. The van der Waals surface area contributed by atoms with Crippen molar-refractivity contribution in [2.45, 2.75) is 71.8 Å². The molecular weight excluding hydrogens is 314 g/mol. The number of nitrogens with zero attached hydrogens (tertiary/aromatic N) is 1. The Morgan fingerprint density at radius 1 is 1.16 bits per heavy atom. The van der Waals surface area contributed by atoms with Gasteiger partial charge in [0.15, 0.2) is 0 Å². The molecule has 0 aromatic heterocycles. The molecule has 0 heterocycles. The molecule has 3 unspecified atom stereocenters. The molecule has 1 N–H and O–H groups in total. The first-order valence-corrected chi connectivity index (χ1v) is 9.91. The van der Waals surface area contributed by atoms with Gasteiger partial charge in [-0.15, -0.1) is 5.21 Å². The molecule has 4 nitrogen and oxygen atoms in total. The van der Waals surface area contributed by atoms with Gasteiger partial charge in [-0.25, -0.2) is 0 Å². The number of hydrogen-bond donors (Lipinski definition) is 1. The van der Waals surface area contributed by atoms with E-state index in [4.69, 9.17) is 0 Å². The minimum absolute atomic E-state index is 0.0127. The van der Waals surface area contributed by atoms with Crippen molar-refractivity contribution < 1.29 is 15.1 Å². The summed E-state index contributed by atoms with van der Waals surface area (Å²) in [5.41, 5.74) is 2.01. The second kappa shape index (κ2) is 5.67. The van der Waals surface area contributed by atoms with Crippen LogP contribution in [0.3, 0.4) is 0 Å². The molecule has 4 rings (SSSR count). The van der Waals surface area contributed by atoms with Crippen molar-refractivity contribution in [1.29, 1.82) is 0 Å². The minimum Gasteiger partial charge on any atom is -0.393 e. The fourth-order valence-corrected chi connectivity index (χ4v) is 7.16. The van der Waals surface area contributed by atoms with E-state index in [0.717, 1.165) is 38.5 Å². The lowest BCUT2D eigenvalue weighted by Crippen LogP contribution is -2.53. The molecule has 25 heavy (non-hydrogen) atoms. The standard InChI is InChI=1S/C21H30NO3/c1-12(23)15-4-5-16-19-17(7-9-21(15,16)3)20(2)8-6-14(24)10-13(20)11-18(19)22-25/h11,14-17,19,24H,4-10H2,1-3H3/b22-18+/t14-,15+,16?,17?,19?,20-,21+/m0/s1. The number of Topliss-reactive ketones (excluding diaryl/α,β-unsaturated/α-hetero) is 1. The van der Waals surface area contributed by atoms with Crippen molar-refractivity contribution in [2.75, 3.05) is 0 Å². The highest BCUT2D eigenvalue weighted by Crippen LogP contribution is 2.65. The molecule has 0 aromatic carbocycles. The van der Waals surface area contributed by atoms with Gasteiger partial charge in [0.05, 0.1) is 11.8 Å². The van der Waals surface area contributed by atoms with Crippen LogP contribution >= 0.6 is 0 Å². The van der Waals surface area contributed by atoms with Crippen molar-refractivity contribution in [3.8, 4) is 0 Å². The van der Waals surface area contributed by atoms with Crippen LogP contribution in [0.1, 0.15) is 65.7 Å². The summed E-state index contributed by atoms with van der Waals surface area (Å²) in [6, 6.07) is 0. The summed E-state index contributed by atoms with van der Waals surface area (Å²) in [6.45, 7) is 6.35. The molecule has 0 amide bonds. The summed E-state index contributed by atoms with van der Waals surface area (Å²) in [5.74, 6) is 1.44. The second-order valence-electron chi connectivity index (χ2n) is 9.52. The molecule has 0 aromatic rings. The number of rotatable bonds is 1.